The van der Waals surface area contributed by atoms with Crippen molar-refractivity contribution in [1.82, 2.24) is 20.9 Å². The Bertz CT molecular complexity index is 625. The van der Waals surface area contributed by atoms with Gasteiger partial charge < -0.3 is 25.4 Å². The Morgan fingerprint density at radius 1 is 1.17 bits per heavy atom. The van der Waals surface area contributed by atoms with Crippen molar-refractivity contribution in [2.45, 2.75) is 78.9 Å². The average molecular weight is 414 g/mol. The molecule has 1 fully saturated rings. The number of nitrogens with zero attached hydrogens (tertiary/aromatic N) is 2. The predicted octanol–water partition coefficient (Wildman–Crippen LogP) is 1.68. The lowest BCUT2D eigenvalue weighted by atomic mass is 9.92. The number of nitrogens with one attached hydrogen (secondary N) is 3. The van der Waals surface area contributed by atoms with Gasteiger partial charge in [0.1, 0.15) is 11.3 Å². The smallest absolute Gasteiger partial charge is 0.412 e. The third-order valence-electron chi connectivity index (χ3n) is 4.76. The minimum absolute atomic E-state index is 0.0591. The molecule has 3 N–H and O–H groups in total. The van der Waals surface area contributed by atoms with Gasteiger partial charge >= 0.3 is 6.09 Å². The first-order valence-corrected chi connectivity index (χ1v) is 10.0. The second-order valence-electron chi connectivity index (χ2n) is 9.46. The summed E-state index contributed by atoms with van der Waals surface area (Å²) in [4.78, 5) is 30.6. The van der Waals surface area contributed by atoms with E-state index in [9.17, 15) is 9.59 Å². The van der Waals surface area contributed by atoms with Crippen LogP contribution in [0.15, 0.2) is 4.99 Å². The number of aliphatic imine (C=N–C) groups is 1. The highest BCUT2D eigenvalue weighted by Gasteiger charge is 2.49. The lowest BCUT2D eigenvalue weighted by Gasteiger charge is -2.35. The zero-order chi connectivity index (χ0) is 22.6. The molecule has 0 bridgehead atoms. The van der Waals surface area contributed by atoms with Crippen LogP contribution in [-0.4, -0.2) is 73.5 Å². The van der Waals surface area contributed by atoms with Gasteiger partial charge in [-0.1, -0.05) is 0 Å². The van der Waals surface area contributed by atoms with Crippen LogP contribution < -0.4 is 16.0 Å². The van der Waals surface area contributed by atoms with Crippen molar-refractivity contribution in [1.29, 1.82) is 0 Å². The molecule has 0 saturated carbocycles. The lowest BCUT2D eigenvalue weighted by Crippen LogP contribution is -2.55. The van der Waals surface area contributed by atoms with Crippen molar-refractivity contribution in [2.24, 2.45) is 10.4 Å². The topological polar surface area (TPSA) is 104 Å². The minimum atomic E-state index is -0.785. The maximum atomic E-state index is 12.8. The van der Waals surface area contributed by atoms with Crippen molar-refractivity contribution in [3.05, 3.63) is 0 Å². The molecular weight excluding hydrogens is 374 g/mol. The Kier molecular flexibility index (Phi) is 7.93. The first-order valence-electron chi connectivity index (χ1n) is 10.0. The molecule has 9 heteroatoms. The molecule has 9 nitrogen and oxygen atoms in total. The van der Waals surface area contributed by atoms with Gasteiger partial charge in [0.05, 0.1) is 17.6 Å². The predicted molar refractivity (Wildman–Crippen MR) is 114 cm³/mol. The van der Waals surface area contributed by atoms with Gasteiger partial charge in [0.2, 0.25) is 5.91 Å². The van der Waals surface area contributed by atoms with E-state index >= 15 is 0 Å². The number of hydrogen-bond donors (Lipinski definition) is 3. The number of rotatable bonds is 5. The van der Waals surface area contributed by atoms with Crippen LogP contribution in [0.1, 0.15) is 55.4 Å². The summed E-state index contributed by atoms with van der Waals surface area (Å²) in [5.41, 5.74) is -1.98. The normalized spacial score (nSPS) is 22.3. The van der Waals surface area contributed by atoms with Crippen LogP contribution in [0.25, 0.3) is 0 Å². The molecule has 1 saturated heterocycles. The molecule has 0 aliphatic carbocycles. The maximum absolute atomic E-state index is 12.8. The number of amides is 2. The van der Waals surface area contributed by atoms with Crippen LogP contribution >= 0.6 is 0 Å². The van der Waals surface area contributed by atoms with Gasteiger partial charge in [-0.05, 0) is 55.4 Å². The molecule has 0 radical (unpaired) electrons. The van der Waals surface area contributed by atoms with E-state index in [4.69, 9.17) is 9.47 Å². The van der Waals surface area contributed by atoms with Crippen LogP contribution in [0, 0.1) is 5.41 Å². The fourth-order valence-corrected chi connectivity index (χ4v) is 3.27. The number of guanidine groups is 1. The monoisotopic (exact) mass is 413 g/mol. The molecule has 0 aromatic rings. The Hall–Kier alpha value is -2.03. The van der Waals surface area contributed by atoms with Crippen LogP contribution in [0.4, 0.5) is 4.79 Å². The minimum Gasteiger partial charge on any atom is -0.444 e. The summed E-state index contributed by atoms with van der Waals surface area (Å²) in [5, 5.41) is 9.07. The second-order valence-corrected chi connectivity index (χ2v) is 9.46. The summed E-state index contributed by atoms with van der Waals surface area (Å²) in [5.74, 6) is 0.485. The van der Waals surface area contributed by atoms with E-state index in [0.717, 1.165) is 0 Å². The molecule has 0 spiro atoms. The Balaban J connectivity index is 2.82. The summed E-state index contributed by atoms with van der Waals surface area (Å²) in [7, 11) is 3.28. The third-order valence-corrected chi connectivity index (χ3v) is 4.76. The van der Waals surface area contributed by atoms with E-state index in [1.54, 1.807) is 19.0 Å². The first-order chi connectivity index (χ1) is 13.1. The van der Waals surface area contributed by atoms with Crippen molar-refractivity contribution in [2.75, 3.05) is 27.2 Å². The van der Waals surface area contributed by atoms with Crippen LogP contribution in [-0.2, 0) is 14.3 Å². The van der Waals surface area contributed by atoms with Crippen LogP contribution in [0.3, 0.4) is 0 Å². The molecular formula is C20H39N5O4. The molecule has 1 rings (SSSR count). The van der Waals surface area contributed by atoms with Crippen molar-refractivity contribution in [3.8, 4) is 0 Å². The fourth-order valence-electron chi connectivity index (χ4n) is 3.27. The van der Waals surface area contributed by atoms with Crippen LogP contribution in [0.2, 0.25) is 0 Å². The maximum Gasteiger partial charge on any atom is 0.412 e. The Morgan fingerprint density at radius 2 is 1.76 bits per heavy atom. The molecule has 29 heavy (non-hydrogen) atoms. The molecule has 1 aliphatic heterocycles. The van der Waals surface area contributed by atoms with E-state index in [-0.39, 0.29) is 18.1 Å². The first kappa shape index (κ1) is 25.0. The van der Waals surface area contributed by atoms with E-state index < -0.39 is 22.8 Å². The highest BCUT2D eigenvalue weighted by molar-refractivity contribution is 5.84. The summed E-state index contributed by atoms with van der Waals surface area (Å²) in [6.07, 6.45) is -0.604. The van der Waals surface area contributed by atoms with Gasteiger partial charge in [0.25, 0.3) is 0 Å². The molecule has 2 unspecified atom stereocenters. The van der Waals surface area contributed by atoms with Crippen LogP contribution in [0.5, 0.6) is 0 Å². The Labute approximate surface area is 175 Å². The molecule has 0 aromatic heterocycles. The van der Waals surface area contributed by atoms with Gasteiger partial charge in [0, 0.05) is 27.2 Å². The molecule has 0 aromatic carbocycles. The number of carbonyl (C=O) groups excluding carboxylic acids is 2. The van der Waals surface area contributed by atoms with Crippen molar-refractivity contribution < 1.29 is 19.1 Å². The summed E-state index contributed by atoms with van der Waals surface area (Å²) in [6, 6.07) is -0.245. The van der Waals surface area contributed by atoms with E-state index in [1.165, 1.54) is 0 Å². The second kappa shape index (κ2) is 9.19. The fraction of sp³-hybridized carbons (Fsp3) is 0.850. The largest absolute Gasteiger partial charge is 0.444 e. The molecule has 1 heterocycles. The third kappa shape index (κ3) is 6.76. The highest BCUT2D eigenvalue weighted by Crippen LogP contribution is 2.33. The SMILES string of the molecule is CN=C(NCC1C(C)OC(C)(C)N1C(=O)OC(C)(C)C)NCC(C)(C)C(=O)NC. The highest BCUT2D eigenvalue weighted by atomic mass is 16.6. The van der Waals surface area contributed by atoms with Crippen molar-refractivity contribution in [3.63, 3.8) is 0 Å². The number of carbonyl (C=O) groups is 2. The Morgan fingerprint density at radius 3 is 2.24 bits per heavy atom. The molecule has 2 amide bonds. The van der Waals surface area contributed by atoms with Gasteiger partial charge in [-0.3, -0.25) is 14.7 Å². The van der Waals surface area contributed by atoms with E-state index in [1.807, 2.05) is 55.4 Å². The van der Waals surface area contributed by atoms with Crippen molar-refractivity contribution >= 4 is 18.0 Å². The molecule has 1 aliphatic rings. The standard InChI is InChI=1S/C20H39N5O4/c1-13-14(25(20(7,8)28-13)17(27)29-18(2,3)4)11-23-16(22-10)24-12-19(5,6)15(26)21-9/h13-14H,11-12H2,1-10H3,(H,21,26)(H2,22,23,24). The van der Waals surface area contributed by atoms with Gasteiger partial charge in [0.15, 0.2) is 5.96 Å². The average Bonchev–Trinajstić information content (AvgIpc) is 2.80. The summed E-state index contributed by atoms with van der Waals surface area (Å²) >= 11 is 0. The number of ether oxygens (including phenoxy) is 2. The zero-order valence-electron chi connectivity index (χ0n) is 19.6. The zero-order valence-corrected chi connectivity index (χ0v) is 19.6. The quantitative estimate of drug-likeness (QED) is 0.468. The summed E-state index contributed by atoms with van der Waals surface area (Å²) < 4.78 is 11.6. The molecule has 2 atom stereocenters. The summed E-state index contributed by atoms with van der Waals surface area (Å²) in [6.45, 7) is 15.7. The van der Waals surface area contributed by atoms with Gasteiger partial charge in [-0.15, -0.1) is 0 Å². The molecule has 168 valence electrons. The van der Waals surface area contributed by atoms with E-state index in [2.05, 4.69) is 20.9 Å². The van der Waals surface area contributed by atoms with Gasteiger partial charge in [-0.2, -0.15) is 0 Å². The lowest BCUT2D eigenvalue weighted by molar-refractivity contribution is -0.128. The van der Waals surface area contributed by atoms with E-state index in [0.29, 0.717) is 19.0 Å². The van der Waals surface area contributed by atoms with Gasteiger partial charge in [-0.25, -0.2) is 4.79 Å². The number of hydrogen-bond acceptors (Lipinski definition) is 5.